The van der Waals surface area contributed by atoms with Crippen molar-refractivity contribution in [1.82, 2.24) is 15.0 Å². The number of fused-ring (bicyclic) bond motifs is 1. The van der Waals surface area contributed by atoms with Crippen molar-refractivity contribution in [2.24, 2.45) is 5.84 Å². The van der Waals surface area contributed by atoms with Gasteiger partial charge in [0.15, 0.2) is 5.82 Å². The van der Waals surface area contributed by atoms with E-state index < -0.39 is 0 Å². The fourth-order valence-electron chi connectivity index (χ4n) is 1.80. The summed E-state index contributed by atoms with van der Waals surface area (Å²) in [6, 6.07) is 3.79. The van der Waals surface area contributed by atoms with Gasteiger partial charge in [-0.2, -0.15) is 11.8 Å². The molecule has 0 aromatic carbocycles. The number of pyridine rings is 1. The van der Waals surface area contributed by atoms with Crippen LogP contribution in [0.3, 0.4) is 0 Å². The second-order valence-corrected chi connectivity index (χ2v) is 4.68. The molecule has 0 amide bonds. The van der Waals surface area contributed by atoms with E-state index in [1.165, 1.54) is 0 Å². The summed E-state index contributed by atoms with van der Waals surface area (Å²) in [7, 11) is 0. The average Bonchev–Trinajstić information content (AvgIpc) is 2.86. The number of aromatic nitrogens is 3. The maximum absolute atomic E-state index is 5.51. The van der Waals surface area contributed by atoms with Gasteiger partial charge in [0.2, 0.25) is 0 Å². The van der Waals surface area contributed by atoms with Crippen molar-refractivity contribution in [3.8, 4) is 11.4 Å². The van der Waals surface area contributed by atoms with Crippen LogP contribution in [0.2, 0.25) is 0 Å². The molecule has 0 saturated heterocycles. The van der Waals surface area contributed by atoms with Crippen LogP contribution in [0.1, 0.15) is 11.3 Å². The Bertz CT molecular complexity index is 543. The lowest BCUT2D eigenvalue weighted by atomic mass is 10.2. The minimum Gasteiger partial charge on any atom is -0.308 e. The van der Waals surface area contributed by atoms with Crippen LogP contribution in [-0.2, 0) is 11.5 Å². The van der Waals surface area contributed by atoms with E-state index in [2.05, 4.69) is 20.4 Å². The Morgan fingerprint density at radius 2 is 2.00 bits per heavy atom. The molecular weight excluding hydrogens is 234 g/mol. The molecule has 3 N–H and O–H groups in total. The molecule has 0 spiro atoms. The lowest BCUT2D eigenvalue weighted by Gasteiger charge is -2.08. The molecule has 6 heteroatoms. The fourth-order valence-corrected chi connectivity index (χ4v) is 2.84. The number of anilines is 1. The molecule has 86 valence electrons. The topological polar surface area (TPSA) is 76.7 Å². The summed E-state index contributed by atoms with van der Waals surface area (Å²) in [5.41, 5.74) is 5.81. The molecule has 2 aromatic heterocycles. The number of nitrogen functional groups attached to an aromatic ring is 1. The van der Waals surface area contributed by atoms with Crippen molar-refractivity contribution >= 4 is 17.6 Å². The standard InChI is InChI=1S/C11H11N5S/c12-16-11-8-5-17-6-9(8)14-10(15-11)7-1-3-13-4-2-7/h1-4H,5-6,12H2,(H,14,15,16). The summed E-state index contributed by atoms with van der Waals surface area (Å²) in [5, 5.41) is 0. The minimum absolute atomic E-state index is 0.696. The molecule has 3 rings (SSSR count). The molecule has 17 heavy (non-hydrogen) atoms. The third kappa shape index (κ3) is 1.85. The van der Waals surface area contributed by atoms with Crippen LogP contribution in [0, 0.1) is 0 Å². The van der Waals surface area contributed by atoms with Crippen LogP contribution in [0.25, 0.3) is 11.4 Å². The number of nitrogens with two attached hydrogens (primary N) is 1. The summed E-state index contributed by atoms with van der Waals surface area (Å²) < 4.78 is 0. The summed E-state index contributed by atoms with van der Waals surface area (Å²) in [4.78, 5) is 13.0. The number of rotatable bonds is 2. The molecule has 2 aromatic rings. The smallest absolute Gasteiger partial charge is 0.161 e. The normalized spacial score (nSPS) is 13.5. The van der Waals surface area contributed by atoms with Gasteiger partial charge >= 0.3 is 0 Å². The quantitative estimate of drug-likeness (QED) is 0.618. The van der Waals surface area contributed by atoms with Crippen LogP contribution in [-0.4, -0.2) is 15.0 Å². The number of hydrazine groups is 1. The molecule has 0 unspecified atom stereocenters. The zero-order chi connectivity index (χ0) is 11.7. The summed E-state index contributed by atoms with van der Waals surface area (Å²) in [6.07, 6.45) is 3.46. The van der Waals surface area contributed by atoms with Gasteiger partial charge in [-0.25, -0.2) is 15.8 Å². The Kier molecular flexibility index (Phi) is 2.66. The first kappa shape index (κ1) is 10.5. The Labute approximate surface area is 103 Å². The lowest BCUT2D eigenvalue weighted by molar-refractivity contribution is 1.06. The highest BCUT2D eigenvalue weighted by Crippen LogP contribution is 2.33. The fraction of sp³-hybridized carbons (Fsp3) is 0.182. The van der Waals surface area contributed by atoms with Crippen LogP contribution < -0.4 is 11.3 Å². The molecule has 0 saturated carbocycles. The van der Waals surface area contributed by atoms with E-state index in [1.807, 2.05) is 23.9 Å². The monoisotopic (exact) mass is 245 g/mol. The van der Waals surface area contributed by atoms with Gasteiger partial charge in [-0.3, -0.25) is 4.98 Å². The van der Waals surface area contributed by atoms with Gasteiger partial charge in [0, 0.05) is 35.0 Å². The van der Waals surface area contributed by atoms with Gasteiger partial charge < -0.3 is 5.43 Å². The zero-order valence-corrected chi connectivity index (χ0v) is 9.87. The van der Waals surface area contributed by atoms with Crippen molar-refractivity contribution in [2.75, 3.05) is 5.43 Å². The number of hydrogen-bond acceptors (Lipinski definition) is 6. The highest BCUT2D eigenvalue weighted by atomic mass is 32.2. The summed E-state index contributed by atoms with van der Waals surface area (Å²) in [6.45, 7) is 0. The molecule has 5 nitrogen and oxygen atoms in total. The van der Waals surface area contributed by atoms with Crippen molar-refractivity contribution in [3.63, 3.8) is 0 Å². The third-order valence-corrected chi connectivity index (χ3v) is 3.62. The van der Waals surface area contributed by atoms with E-state index in [4.69, 9.17) is 5.84 Å². The van der Waals surface area contributed by atoms with E-state index in [9.17, 15) is 0 Å². The summed E-state index contributed by atoms with van der Waals surface area (Å²) >= 11 is 1.83. The van der Waals surface area contributed by atoms with Crippen molar-refractivity contribution in [2.45, 2.75) is 11.5 Å². The number of nitrogens with one attached hydrogen (secondary N) is 1. The van der Waals surface area contributed by atoms with Gasteiger partial charge in [0.1, 0.15) is 5.82 Å². The van der Waals surface area contributed by atoms with Gasteiger partial charge in [-0.05, 0) is 12.1 Å². The highest BCUT2D eigenvalue weighted by Gasteiger charge is 2.19. The van der Waals surface area contributed by atoms with Gasteiger partial charge in [0.05, 0.1) is 5.69 Å². The van der Waals surface area contributed by atoms with E-state index >= 15 is 0 Å². The molecule has 0 aliphatic carbocycles. The first-order valence-electron chi connectivity index (χ1n) is 5.23. The van der Waals surface area contributed by atoms with Gasteiger partial charge in [0.25, 0.3) is 0 Å². The Morgan fingerprint density at radius 3 is 2.76 bits per heavy atom. The average molecular weight is 245 g/mol. The molecule has 1 aliphatic heterocycles. The Hall–Kier alpha value is -1.66. The van der Waals surface area contributed by atoms with Crippen LogP contribution >= 0.6 is 11.8 Å². The van der Waals surface area contributed by atoms with Crippen molar-refractivity contribution in [1.29, 1.82) is 0 Å². The van der Waals surface area contributed by atoms with Crippen LogP contribution in [0.4, 0.5) is 5.82 Å². The number of hydrogen-bond donors (Lipinski definition) is 2. The predicted molar refractivity (Wildman–Crippen MR) is 68.1 cm³/mol. The van der Waals surface area contributed by atoms with Crippen LogP contribution in [0.15, 0.2) is 24.5 Å². The maximum Gasteiger partial charge on any atom is 0.161 e. The second kappa shape index (κ2) is 4.31. The molecule has 3 heterocycles. The lowest BCUT2D eigenvalue weighted by Crippen LogP contribution is -2.12. The zero-order valence-electron chi connectivity index (χ0n) is 9.05. The third-order valence-electron chi connectivity index (χ3n) is 2.65. The van der Waals surface area contributed by atoms with Gasteiger partial charge in [-0.15, -0.1) is 0 Å². The van der Waals surface area contributed by atoms with Crippen molar-refractivity contribution in [3.05, 3.63) is 35.8 Å². The Balaban J connectivity index is 2.13. The Morgan fingerprint density at radius 1 is 1.18 bits per heavy atom. The number of thioether (sulfide) groups is 1. The number of nitrogens with zero attached hydrogens (tertiary/aromatic N) is 3. The van der Waals surface area contributed by atoms with Crippen LogP contribution in [0.5, 0.6) is 0 Å². The first-order valence-corrected chi connectivity index (χ1v) is 6.38. The van der Waals surface area contributed by atoms with E-state index in [0.717, 1.165) is 34.1 Å². The molecule has 0 radical (unpaired) electrons. The molecule has 1 aliphatic rings. The first-order chi connectivity index (χ1) is 8.38. The molecular formula is C11H11N5S. The van der Waals surface area contributed by atoms with E-state index in [0.29, 0.717) is 5.82 Å². The van der Waals surface area contributed by atoms with Crippen molar-refractivity contribution < 1.29 is 0 Å². The highest BCUT2D eigenvalue weighted by molar-refractivity contribution is 7.98. The van der Waals surface area contributed by atoms with Gasteiger partial charge in [-0.1, -0.05) is 0 Å². The molecule has 0 fully saturated rings. The predicted octanol–water partition coefficient (Wildman–Crippen LogP) is 1.57. The van der Waals surface area contributed by atoms with E-state index in [1.54, 1.807) is 12.4 Å². The van der Waals surface area contributed by atoms with E-state index in [-0.39, 0.29) is 0 Å². The maximum atomic E-state index is 5.51. The molecule has 0 atom stereocenters. The minimum atomic E-state index is 0.696. The second-order valence-electron chi connectivity index (χ2n) is 3.69. The SMILES string of the molecule is NNc1nc(-c2ccncc2)nc2c1CSC2. The largest absolute Gasteiger partial charge is 0.308 e. The molecule has 0 bridgehead atoms. The summed E-state index contributed by atoms with van der Waals surface area (Å²) in [5.74, 6) is 8.78.